The van der Waals surface area contributed by atoms with Crippen molar-refractivity contribution in [1.29, 1.82) is 0 Å². The number of hydrogen-bond donors (Lipinski definition) is 1. The number of pyridine rings is 2. The maximum absolute atomic E-state index is 12.1. The van der Waals surface area contributed by atoms with Crippen molar-refractivity contribution in [2.24, 2.45) is 0 Å². The van der Waals surface area contributed by atoms with Crippen LogP contribution in [-0.2, 0) is 12.3 Å². The molecular weight excluding hydrogens is 318 g/mol. The molecule has 0 aliphatic carbocycles. The number of rotatable bonds is 6. The average molecular weight is 335 g/mol. The summed E-state index contributed by atoms with van der Waals surface area (Å²) in [5.41, 5.74) is 2.63. The Morgan fingerprint density at radius 1 is 0.958 bits per heavy atom. The molecule has 0 saturated heterocycles. The zero-order valence-corrected chi connectivity index (χ0v) is 13.9. The van der Waals surface area contributed by atoms with Gasteiger partial charge >= 0.3 is 0 Å². The highest BCUT2D eigenvalue weighted by atomic mass is 32.2. The highest BCUT2D eigenvalue weighted by molar-refractivity contribution is 7.98. The zero-order chi connectivity index (χ0) is 16.6. The Labute approximate surface area is 145 Å². The topological polar surface area (TPSA) is 54.9 Å². The third-order valence-corrected chi connectivity index (χ3v) is 4.40. The number of benzene rings is 1. The van der Waals surface area contributed by atoms with Crippen LogP contribution in [0.25, 0.3) is 0 Å². The van der Waals surface area contributed by atoms with Gasteiger partial charge in [-0.15, -0.1) is 11.8 Å². The fourth-order valence-corrected chi connectivity index (χ4v) is 2.91. The molecule has 1 amide bonds. The molecule has 0 unspecified atom stereocenters. The van der Waals surface area contributed by atoms with Gasteiger partial charge in [-0.05, 0) is 29.8 Å². The third kappa shape index (κ3) is 4.67. The lowest BCUT2D eigenvalue weighted by Crippen LogP contribution is -2.23. The summed E-state index contributed by atoms with van der Waals surface area (Å²) in [5.74, 6) is 0.715. The molecule has 0 atom stereocenters. The van der Waals surface area contributed by atoms with E-state index in [4.69, 9.17) is 0 Å². The first-order valence-corrected chi connectivity index (χ1v) is 8.61. The van der Waals surface area contributed by atoms with Crippen LogP contribution in [0.1, 0.15) is 21.6 Å². The maximum atomic E-state index is 12.1. The summed E-state index contributed by atoms with van der Waals surface area (Å²) in [6.45, 7) is 0.407. The molecule has 0 aliphatic heterocycles. The van der Waals surface area contributed by atoms with E-state index in [2.05, 4.69) is 27.4 Å². The van der Waals surface area contributed by atoms with Gasteiger partial charge < -0.3 is 5.32 Å². The number of carbonyl (C=O) groups is 1. The van der Waals surface area contributed by atoms with Gasteiger partial charge in [0, 0.05) is 18.1 Å². The first kappa shape index (κ1) is 16.2. The van der Waals surface area contributed by atoms with Gasteiger partial charge in [-0.3, -0.25) is 9.78 Å². The Morgan fingerprint density at radius 2 is 1.79 bits per heavy atom. The molecule has 2 heterocycles. The van der Waals surface area contributed by atoms with Crippen LogP contribution in [0, 0.1) is 0 Å². The van der Waals surface area contributed by atoms with E-state index >= 15 is 0 Å². The second-order valence-electron chi connectivity index (χ2n) is 5.16. The van der Waals surface area contributed by atoms with Crippen molar-refractivity contribution in [2.75, 3.05) is 0 Å². The van der Waals surface area contributed by atoms with Crippen LogP contribution in [0.15, 0.2) is 78.1 Å². The number of amides is 1. The smallest absolute Gasteiger partial charge is 0.253 e. The van der Waals surface area contributed by atoms with Gasteiger partial charge in [0.1, 0.15) is 0 Å². The molecule has 0 spiro atoms. The molecule has 0 saturated carbocycles. The molecule has 1 N–H and O–H groups in total. The molecule has 120 valence electrons. The highest BCUT2D eigenvalue weighted by Gasteiger charge is 2.06. The molecule has 2 aromatic heterocycles. The van der Waals surface area contributed by atoms with E-state index in [0.717, 1.165) is 16.5 Å². The van der Waals surface area contributed by atoms with Crippen LogP contribution < -0.4 is 5.32 Å². The molecule has 3 aromatic rings. The predicted molar refractivity (Wildman–Crippen MR) is 95.6 cm³/mol. The summed E-state index contributed by atoms with van der Waals surface area (Å²) < 4.78 is 0. The summed E-state index contributed by atoms with van der Waals surface area (Å²) in [4.78, 5) is 20.7. The number of nitrogens with one attached hydrogen (secondary N) is 1. The van der Waals surface area contributed by atoms with Crippen molar-refractivity contribution < 1.29 is 4.79 Å². The summed E-state index contributed by atoms with van der Waals surface area (Å²) in [6.07, 6.45) is 3.32. The van der Waals surface area contributed by atoms with E-state index in [1.807, 2.05) is 42.5 Å². The van der Waals surface area contributed by atoms with Crippen LogP contribution in [0.2, 0.25) is 0 Å². The normalized spacial score (nSPS) is 10.3. The van der Waals surface area contributed by atoms with Crippen LogP contribution in [0.3, 0.4) is 0 Å². The van der Waals surface area contributed by atoms with Crippen molar-refractivity contribution in [3.63, 3.8) is 0 Å². The molecule has 1 aromatic carbocycles. The molecule has 24 heavy (non-hydrogen) atoms. The fourth-order valence-electron chi connectivity index (χ4n) is 2.11. The van der Waals surface area contributed by atoms with Gasteiger partial charge in [-0.25, -0.2) is 4.98 Å². The Hall–Kier alpha value is -2.66. The lowest BCUT2D eigenvalue weighted by Gasteiger charge is -2.05. The summed E-state index contributed by atoms with van der Waals surface area (Å²) >= 11 is 1.65. The van der Waals surface area contributed by atoms with E-state index < -0.39 is 0 Å². The molecule has 0 aliphatic rings. The minimum Gasteiger partial charge on any atom is -0.346 e. The van der Waals surface area contributed by atoms with Crippen molar-refractivity contribution in [1.82, 2.24) is 15.3 Å². The predicted octanol–water partition coefficient (Wildman–Crippen LogP) is 3.70. The van der Waals surface area contributed by atoms with Gasteiger partial charge in [0.15, 0.2) is 0 Å². The minimum absolute atomic E-state index is 0.146. The van der Waals surface area contributed by atoms with Gasteiger partial charge in [0.2, 0.25) is 0 Å². The Bertz CT molecular complexity index is 777. The molecule has 0 radical (unpaired) electrons. The van der Waals surface area contributed by atoms with E-state index in [0.29, 0.717) is 12.1 Å². The van der Waals surface area contributed by atoms with Crippen LogP contribution in [0.5, 0.6) is 0 Å². The highest BCUT2D eigenvalue weighted by Crippen LogP contribution is 2.20. The second-order valence-corrected chi connectivity index (χ2v) is 6.16. The van der Waals surface area contributed by atoms with Gasteiger partial charge in [-0.2, -0.15) is 0 Å². The monoisotopic (exact) mass is 335 g/mol. The van der Waals surface area contributed by atoms with Crippen molar-refractivity contribution in [3.8, 4) is 0 Å². The summed E-state index contributed by atoms with van der Waals surface area (Å²) in [7, 11) is 0. The van der Waals surface area contributed by atoms with E-state index in [1.165, 1.54) is 5.56 Å². The number of aromatic nitrogens is 2. The Kier molecular flexibility index (Phi) is 5.58. The standard InChI is InChI=1S/C19H17N3OS/c23-19(22-13-17-8-4-5-11-20-17)16-9-10-18(21-12-16)24-14-15-6-2-1-3-7-15/h1-12H,13-14H2,(H,22,23). The third-order valence-electron chi connectivity index (χ3n) is 3.38. The zero-order valence-electron chi connectivity index (χ0n) is 13.1. The van der Waals surface area contributed by atoms with Crippen molar-refractivity contribution >= 4 is 17.7 Å². The van der Waals surface area contributed by atoms with Gasteiger partial charge in [0.05, 0.1) is 22.8 Å². The quantitative estimate of drug-likeness (QED) is 0.698. The van der Waals surface area contributed by atoms with E-state index in [9.17, 15) is 4.79 Å². The van der Waals surface area contributed by atoms with E-state index in [-0.39, 0.29) is 5.91 Å². The summed E-state index contributed by atoms with van der Waals surface area (Å²) in [6, 6.07) is 19.5. The first-order valence-electron chi connectivity index (χ1n) is 7.62. The van der Waals surface area contributed by atoms with Crippen LogP contribution >= 0.6 is 11.8 Å². The lowest BCUT2D eigenvalue weighted by atomic mass is 10.2. The molecular formula is C19H17N3OS. The molecule has 3 rings (SSSR count). The summed E-state index contributed by atoms with van der Waals surface area (Å²) in [5, 5.41) is 3.75. The second kappa shape index (κ2) is 8.26. The molecule has 5 heteroatoms. The number of hydrogen-bond acceptors (Lipinski definition) is 4. The van der Waals surface area contributed by atoms with Crippen molar-refractivity contribution in [3.05, 3.63) is 89.9 Å². The lowest BCUT2D eigenvalue weighted by molar-refractivity contribution is 0.0950. The van der Waals surface area contributed by atoms with Gasteiger partial charge in [0.25, 0.3) is 5.91 Å². The Morgan fingerprint density at radius 3 is 2.50 bits per heavy atom. The largest absolute Gasteiger partial charge is 0.346 e. The number of thioether (sulfide) groups is 1. The maximum Gasteiger partial charge on any atom is 0.253 e. The SMILES string of the molecule is O=C(NCc1ccccn1)c1ccc(SCc2ccccc2)nc1. The Balaban J connectivity index is 1.53. The average Bonchev–Trinajstić information content (AvgIpc) is 2.66. The number of carbonyl (C=O) groups excluding carboxylic acids is 1. The molecule has 0 bridgehead atoms. The van der Waals surface area contributed by atoms with Gasteiger partial charge in [-0.1, -0.05) is 36.4 Å². The van der Waals surface area contributed by atoms with Crippen LogP contribution in [0.4, 0.5) is 0 Å². The number of nitrogens with zero attached hydrogens (tertiary/aromatic N) is 2. The molecule has 4 nitrogen and oxygen atoms in total. The van der Waals surface area contributed by atoms with Crippen LogP contribution in [-0.4, -0.2) is 15.9 Å². The first-order chi connectivity index (χ1) is 11.8. The fraction of sp³-hybridized carbons (Fsp3) is 0.105. The van der Waals surface area contributed by atoms with Crippen molar-refractivity contribution in [2.45, 2.75) is 17.3 Å². The van der Waals surface area contributed by atoms with E-state index in [1.54, 1.807) is 30.2 Å². The molecule has 0 fully saturated rings. The minimum atomic E-state index is -0.146.